The summed E-state index contributed by atoms with van der Waals surface area (Å²) in [7, 11) is 0. The van der Waals surface area contributed by atoms with E-state index in [1.165, 1.54) is 0 Å². The highest BCUT2D eigenvalue weighted by molar-refractivity contribution is 5.21. The largest absolute Gasteiger partial charge is 0.492 e. The number of para-hydroxylation sites is 1. The minimum Gasteiger partial charge on any atom is -0.492 e. The average Bonchev–Trinajstić information content (AvgIpc) is 2.45. The summed E-state index contributed by atoms with van der Waals surface area (Å²) in [4.78, 5) is 2.27. The van der Waals surface area contributed by atoms with E-state index < -0.39 is 0 Å². The number of nitriles is 1. The summed E-state index contributed by atoms with van der Waals surface area (Å²) in [6.45, 7) is 3.80. The van der Waals surface area contributed by atoms with Crippen LogP contribution >= 0.6 is 0 Å². The second-order valence-electron chi connectivity index (χ2n) is 4.29. The lowest BCUT2D eigenvalue weighted by atomic mass is 10.2. The molecule has 18 heavy (non-hydrogen) atoms. The Morgan fingerprint density at radius 2 is 2.00 bits per heavy atom. The third-order valence-electron chi connectivity index (χ3n) is 3.07. The van der Waals surface area contributed by atoms with Crippen LogP contribution in [-0.2, 0) is 4.74 Å². The zero-order chi connectivity index (χ0) is 12.6. The van der Waals surface area contributed by atoms with Crippen LogP contribution < -0.4 is 4.74 Å². The van der Waals surface area contributed by atoms with Gasteiger partial charge in [-0.15, -0.1) is 0 Å². The van der Waals surface area contributed by atoms with Gasteiger partial charge < -0.3 is 9.47 Å². The molecule has 0 aliphatic carbocycles. The Morgan fingerprint density at radius 3 is 2.67 bits per heavy atom. The van der Waals surface area contributed by atoms with Crippen LogP contribution in [0.4, 0.5) is 0 Å². The number of hydrogen-bond acceptors (Lipinski definition) is 4. The van der Waals surface area contributed by atoms with Crippen molar-refractivity contribution in [3.8, 4) is 11.8 Å². The van der Waals surface area contributed by atoms with Crippen molar-refractivity contribution in [3.63, 3.8) is 0 Å². The first-order chi connectivity index (χ1) is 8.90. The molecule has 1 atom stereocenters. The van der Waals surface area contributed by atoms with E-state index >= 15 is 0 Å². The Morgan fingerprint density at radius 1 is 1.28 bits per heavy atom. The molecule has 0 amide bonds. The fourth-order valence-corrected chi connectivity index (χ4v) is 2.05. The van der Waals surface area contributed by atoms with Crippen molar-refractivity contribution < 1.29 is 9.47 Å². The average molecular weight is 246 g/mol. The van der Waals surface area contributed by atoms with E-state index in [2.05, 4.69) is 11.0 Å². The lowest BCUT2D eigenvalue weighted by Gasteiger charge is -2.33. The number of hydrogen-bond donors (Lipinski definition) is 0. The maximum atomic E-state index is 8.90. The molecular formula is C14H18N2O2. The molecule has 0 radical (unpaired) electrons. The molecule has 1 heterocycles. The number of ether oxygens (including phenoxy) is 2. The molecule has 0 N–H and O–H groups in total. The van der Waals surface area contributed by atoms with Crippen molar-refractivity contribution in [2.75, 3.05) is 32.9 Å². The van der Waals surface area contributed by atoms with Crippen molar-refractivity contribution >= 4 is 0 Å². The Balaban J connectivity index is 1.88. The normalized spacial score (nSPS) is 17.9. The van der Waals surface area contributed by atoms with Gasteiger partial charge in [0, 0.05) is 13.1 Å². The maximum absolute atomic E-state index is 8.90. The molecule has 1 saturated heterocycles. The van der Waals surface area contributed by atoms with Gasteiger partial charge in [0.1, 0.15) is 12.4 Å². The summed E-state index contributed by atoms with van der Waals surface area (Å²) >= 11 is 0. The van der Waals surface area contributed by atoms with E-state index in [9.17, 15) is 0 Å². The van der Waals surface area contributed by atoms with E-state index in [-0.39, 0.29) is 6.04 Å². The van der Waals surface area contributed by atoms with Crippen LogP contribution in [0.2, 0.25) is 0 Å². The molecule has 0 spiro atoms. The van der Waals surface area contributed by atoms with Gasteiger partial charge in [0.05, 0.1) is 31.7 Å². The third-order valence-corrected chi connectivity index (χ3v) is 3.07. The lowest BCUT2D eigenvalue weighted by Crippen LogP contribution is -2.46. The molecule has 2 rings (SSSR count). The van der Waals surface area contributed by atoms with Crippen LogP contribution in [0.15, 0.2) is 30.3 Å². The predicted molar refractivity (Wildman–Crippen MR) is 68.3 cm³/mol. The van der Waals surface area contributed by atoms with Gasteiger partial charge in [-0.25, -0.2) is 0 Å². The molecule has 1 aliphatic rings. The first kappa shape index (κ1) is 12.9. The van der Waals surface area contributed by atoms with E-state index in [1.54, 1.807) is 0 Å². The topological polar surface area (TPSA) is 45.5 Å². The second-order valence-corrected chi connectivity index (χ2v) is 4.29. The monoisotopic (exact) mass is 246 g/mol. The molecule has 4 heteroatoms. The Bertz CT molecular complexity index is 383. The van der Waals surface area contributed by atoms with Gasteiger partial charge in [-0.2, -0.15) is 5.26 Å². The summed E-state index contributed by atoms with van der Waals surface area (Å²) in [5.41, 5.74) is 0. The SMILES string of the molecule is N#CCC(COc1ccccc1)N1CCOCC1. The highest BCUT2D eigenvalue weighted by Gasteiger charge is 2.21. The molecule has 1 aromatic carbocycles. The van der Waals surface area contributed by atoms with E-state index in [0.29, 0.717) is 13.0 Å². The van der Waals surface area contributed by atoms with E-state index in [0.717, 1.165) is 32.1 Å². The molecule has 1 fully saturated rings. The summed E-state index contributed by atoms with van der Waals surface area (Å²) in [6.07, 6.45) is 0.493. The number of nitrogens with zero attached hydrogens (tertiary/aromatic N) is 2. The smallest absolute Gasteiger partial charge is 0.119 e. The first-order valence-electron chi connectivity index (χ1n) is 6.27. The molecule has 0 aromatic heterocycles. The van der Waals surface area contributed by atoms with Crippen LogP contribution in [0, 0.1) is 11.3 Å². The van der Waals surface area contributed by atoms with Crippen molar-refractivity contribution in [3.05, 3.63) is 30.3 Å². The van der Waals surface area contributed by atoms with Gasteiger partial charge in [-0.3, -0.25) is 4.90 Å². The Labute approximate surface area is 108 Å². The van der Waals surface area contributed by atoms with Crippen LogP contribution in [0.3, 0.4) is 0 Å². The van der Waals surface area contributed by atoms with Gasteiger partial charge in [-0.05, 0) is 12.1 Å². The van der Waals surface area contributed by atoms with Crippen molar-refractivity contribution in [1.82, 2.24) is 4.90 Å². The standard InChI is InChI=1S/C14H18N2O2/c15-7-6-13(16-8-10-17-11-9-16)12-18-14-4-2-1-3-5-14/h1-5,13H,6,8-12H2. The molecule has 4 nitrogen and oxygen atoms in total. The highest BCUT2D eigenvalue weighted by atomic mass is 16.5. The van der Waals surface area contributed by atoms with Crippen LogP contribution in [0.5, 0.6) is 5.75 Å². The second kappa shape index (κ2) is 7.00. The minimum atomic E-state index is 0.152. The van der Waals surface area contributed by atoms with Crippen molar-refractivity contribution in [2.24, 2.45) is 0 Å². The van der Waals surface area contributed by atoms with Crippen LogP contribution in [-0.4, -0.2) is 43.9 Å². The van der Waals surface area contributed by atoms with Crippen LogP contribution in [0.1, 0.15) is 6.42 Å². The number of morpholine rings is 1. The Kier molecular flexibility index (Phi) is 5.00. The summed E-state index contributed by atoms with van der Waals surface area (Å²) in [5, 5.41) is 8.90. The molecule has 1 unspecified atom stereocenters. The number of benzene rings is 1. The zero-order valence-corrected chi connectivity index (χ0v) is 10.4. The predicted octanol–water partition coefficient (Wildman–Crippen LogP) is 1.68. The van der Waals surface area contributed by atoms with Crippen LogP contribution in [0.25, 0.3) is 0 Å². The van der Waals surface area contributed by atoms with Gasteiger partial charge >= 0.3 is 0 Å². The van der Waals surface area contributed by atoms with Crippen molar-refractivity contribution in [2.45, 2.75) is 12.5 Å². The fourth-order valence-electron chi connectivity index (χ4n) is 2.05. The van der Waals surface area contributed by atoms with Gasteiger partial charge in [0.15, 0.2) is 0 Å². The first-order valence-corrected chi connectivity index (χ1v) is 6.27. The van der Waals surface area contributed by atoms with E-state index in [4.69, 9.17) is 14.7 Å². The van der Waals surface area contributed by atoms with E-state index in [1.807, 2.05) is 30.3 Å². The third kappa shape index (κ3) is 3.73. The van der Waals surface area contributed by atoms with Gasteiger partial charge in [0.2, 0.25) is 0 Å². The summed E-state index contributed by atoms with van der Waals surface area (Å²) < 4.78 is 11.1. The molecule has 96 valence electrons. The number of rotatable bonds is 5. The van der Waals surface area contributed by atoms with Gasteiger partial charge in [-0.1, -0.05) is 18.2 Å². The molecule has 1 aliphatic heterocycles. The van der Waals surface area contributed by atoms with Gasteiger partial charge in [0.25, 0.3) is 0 Å². The highest BCUT2D eigenvalue weighted by Crippen LogP contribution is 2.12. The Hall–Kier alpha value is -1.57. The van der Waals surface area contributed by atoms with Crippen molar-refractivity contribution in [1.29, 1.82) is 5.26 Å². The molecule has 0 saturated carbocycles. The maximum Gasteiger partial charge on any atom is 0.119 e. The summed E-state index contributed by atoms with van der Waals surface area (Å²) in [6, 6.07) is 12.1. The lowest BCUT2D eigenvalue weighted by molar-refractivity contribution is 0.00715. The minimum absolute atomic E-state index is 0.152. The quantitative estimate of drug-likeness (QED) is 0.793. The molecule has 1 aromatic rings. The zero-order valence-electron chi connectivity index (χ0n) is 10.4. The summed E-state index contributed by atoms with van der Waals surface area (Å²) in [5.74, 6) is 0.855. The fraction of sp³-hybridized carbons (Fsp3) is 0.500. The molecular weight excluding hydrogens is 228 g/mol. The molecule has 0 bridgehead atoms.